The van der Waals surface area contributed by atoms with Crippen LogP contribution in [0.2, 0.25) is 0 Å². The fraction of sp³-hybridized carbons (Fsp3) is 1.00. The Morgan fingerprint density at radius 1 is 1.73 bits per heavy atom. The second-order valence-corrected chi connectivity index (χ2v) is 3.32. The van der Waals surface area contributed by atoms with Crippen molar-refractivity contribution in [1.82, 2.24) is 5.43 Å². The van der Waals surface area contributed by atoms with E-state index in [-0.39, 0.29) is 11.3 Å². The maximum absolute atomic E-state index is 9.83. The van der Waals surface area contributed by atoms with Gasteiger partial charge in [0.05, 0.1) is 12.6 Å². The molecular weight excluding hydrogens is 164 g/mol. The van der Waals surface area contributed by atoms with Crippen molar-refractivity contribution in [2.45, 2.75) is 18.2 Å². The van der Waals surface area contributed by atoms with E-state index in [1.807, 2.05) is 13.2 Å². The van der Waals surface area contributed by atoms with Gasteiger partial charge in [0.2, 0.25) is 0 Å². The maximum atomic E-state index is 9.83. The number of ether oxygens (including phenoxy) is 1. The van der Waals surface area contributed by atoms with Gasteiger partial charge < -0.3 is 4.74 Å². The third kappa shape index (κ3) is 4.21. The topological polar surface area (TPSA) is 50.7 Å². The molecule has 0 aromatic rings. The summed E-state index contributed by atoms with van der Waals surface area (Å²) in [6.45, 7) is 2.53. The molecule has 0 heterocycles. The lowest BCUT2D eigenvalue weighted by Gasteiger charge is -2.18. The Labute approximate surface area is 71.0 Å². The lowest BCUT2D eigenvalue weighted by molar-refractivity contribution is 0.190. The summed E-state index contributed by atoms with van der Waals surface area (Å²) in [7, 11) is 1.64. The molecule has 0 saturated carbocycles. The second kappa shape index (κ2) is 6.42. The van der Waals surface area contributed by atoms with Crippen molar-refractivity contribution in [3.8, 4) is 0 Å². The predicted molar refractivity (Wildman–Crippen MR) is 47.6 cm³/mol. The van der Waals surface area contributed by atoms with Crippen LogP contribution in [0.1, 0.15) is 6.92 Å². The summed E-state index contributed by atoms with van der Waals surface area (Å²) in [5.74, 6) is 0. The molecule has 0 amide bonds. The van der Waals surface area contributed by atoms with Gasteiger partial charge in [-0.15, -0.1) is 4.91 Å². The molecular formula is C6H14N2O2S. The van der Waals surface area contributed by atoms with Crippen molar-refractivity contribution in [3.63, 3.8) is 0 Å². The average Bonchev–Trinajstić information content (AvgIpc) is 2.00. The molecule has 0 aliphatic rings. The molecule has 66 valence electrons. The molecule has 2 atom stereocenters. The van der Waals surface area contributed by atoms with Crippen LogP contribution >= 0.6 is 11.8 Å². The number of rotatable bonds is 6. The van der Waals surface area contributed by atoms with Gasteiger partial charge in [0.1, 0.15) is 0 Å². The van der Waals surface area contributed by atoms with Gasteiger partial charge in [0.25, 0.3) is 0 Å². The molecule has 4 nitrogen and oxygen atoms in total. The van der Waals surface area contributed by atoms with Crippen molar-refractivity contribution in [2.75, 3.05) is 20.0 Å². The molecule has 0 bridgehead atoms. The van der Waals surface area contributed by atoms with E-state index >= 15 is 0 Å². The summed E-state index contributed by atoms with van der Waals surface area (Å²) < 4.78 is 4.96. The molecule has 0 spiro atoms. The van der Waals surface area contributed by atoms with Crippen LogP contribution < -0.4 is 5.43 Å². The quantitative estimate of drug-likeness (QED) is 0.487. The van der Waals surface area contributed by atoms with E-state index in [2.05, 4.69) is 10.7 Å². The van der Waals surface area contributed by atoms with Gasteiger partial charge in [-0.25, -0.2) is 0 Å². The Hall–Kier alpha value is -0.290. The molecule has 1 N–H and O–H groups in total. The number of hydrogen-bond acceptors (Lipinski definition) is 4. The smallest absolute Gasteiger partial charge is 0.0601 e. The van der Waals surface area contributed by atoms with Crippen LogP contribution in [0.15, 0.2) is 5.29 Å². The Bertz CT molecular complexity index is 113. The van der Waals surface area contributed by atoms with E-state index < -0.39 is 0 Å². The summed E-state index contributed by atoms with van der Waals surface area (Å²) in [5.41, 5.74) is 2.45. The molecule has 0 radical (unpaired) electrons. The summed E-state index contributed by atoms with van der Waals surface area (Å²) in [5, 5.41) is 2.89. The minimum Gasteiger partial charge on any atom is -0.383 e. The van der Waals surface area contributed by atoms with Gasteiger partial charge >= 0.3 is 0 Å². The largest absolute Gasteiger partial charge is 0.383 e. The Morgan fingerprint density at radius 2 is 2.36 bits per heavy atom. The van der Waals surface area contributed by atoms with Gasteiger partial charge in [-0.1, -0.05) is 0 Å². The van der Waals surface area contributed by atoms with Gasteiger partial charge in [0.15, 0.2) is 0 Å². The molecule has 0 aromatic heterocycles. The maximum Gasteiger partial charge on any atom is 0.0601 e. The standard InChI is InChI=1S/C6H14N2O2S/c1-5(7-8-9)6(11-3)4-10-2/h5-6H,4H2,1-3H3,(H,7,9). The first-order chi connectivity index (χ1) is 5.26. The van der Waals surface area contributed by atoms with Crippen LogP contribution in [0.4, 0.5) is 0 Å². The first-order valence-electron chi connectivity index (χ1n) is 3.35. The number of nitroso groups, excluding NO2 is 1. The minimum atomic E-state index is 0.0578. The fourth-order valence-corrected chi connectivity index (χ4v) is 1.49. The zero-order valence-corrected chi connectivity index (χ0v) is 7.85. The number of hydrogen-bond donors (Lipinski definition) is 1. The highest BCUT2D eigenvalue weighted by atomic mass is 32.2. The first-order valence-corrected chi connectivity index (χ1v) is 4.64. The Balaban J connectivity index is 3.70. The van der Waals surface area contributed by atoms with E-state index in [4.69, 9.17) is 4.74 Å². The fourth-order valence-electron chi connectivity index (χ4n) is 0.747. The van der Waals surface area contributed by atoms with Gasteiger partial charge in [-0.05, 0) is 13.2 Å². The van der Waals surface area contributed by atoms with E-state index in [0.29, 0.717) is 6.61 Å². The Kier molecular flexibility index (Phi) is 6.25. The molecule has 0 fully saturated rings. The van der Waals surface area contributed by atoms with E-state index in [1.54, 1.807) is 18.9 Å². The molecule has 0 aliphatic heterocycles. The predicted octanol–water partition coefficient (Wildman–Crippen LogP) is 1.02. The summed E-state index contributed by atoms with van der Waals surface area (Å²) in [6.07, 6.45) is 1.98. The van der Waals surface area contributed by atoms with E-state index in [1.165, 1.54) is 0 Å². The minimum absolute atomic E-state index is 0.0578. The third-order valence-electron chi connectivity index (χ3n) is 1.45. The van der Waals surface area contributed by atoms with Crippen LogP contribution in [0, 0.1) is 4.91 Å². The van der Waals surface area contributed by atoms with Crippen molar-refractivity contribution in [3.05, 3.63) is 4.91 Å². The highest BCUT2D eigenvalue weighted by molar-refractivity contribution is 7.99. The van der Waals surface area contributed by atoms with Crippen LogP contribution in [0.3, 0.4) is 0 Å². The monoisotopic (exact) mass is 178 g/mol. The highest BCUT2D eigenvalue weighted by Crippen LogP contribution is 2.11. The number of thioether (sulfide) groups is 1. The number of nitrogens with zero attached hydrogens (tertiary/aromatic N) is 1. The first kappa shape index (κ1) is 10.7. The zero-order chi connectivity index (χ0) is 8.69. The average molecular weight is 178 g/mol. The molecule has 0 rings (SSSR count). The van der Waals surface area contributed by atoms with Crippen LogP contribution in [-0.2, 0) is 4.74 Å². The van der Waals surface area contributed by atoms with Crippen LogP contribution in [0.5, 0.6) is 0 Å². The van der Waals surface area contributed by atoms with Crippen LogP contribution in [0.25, 0.3) is 0 Å². The molecule has 0 saturated heterocycles. The molecule has 2 unspecified atom stereocenters. The lowest BCUT2D eigenvalue weighted by Crippen LogP contribution is -2.34. The van der Waals surface area contributed by atoms with Crippen molar-refractivity contribution >= 4 is 11.8 Å². The Morgan fingerprint density at radius 3 is 2.73 bits per heavy atom. The number of methoxy groups -OCH3 is 1. The van der Waals surface area contributed by atoms with E-state index in [0.717, 1.165) is 0 Å². The second-order valence-electron chi connectivity index (χ2n) is 2.24. The SMILES string of the molecule is COCC(SC)C(C)NN=O. The van der Waals surface area contributed by atoms with Gasteiger partial charge in [-0.3, -0.25) is 5.43 Å². The molecule has 5 heteroatoms. The summed E-state index contributed by atoms with van der Waals surface area (Å²) in [4.78, 5) is 9.83. The third-order valence-corrected chi connectivity index (χ3v) is 2.60. The highest BCUT2D eigenvalue weighted by Gasteiger charge is 2.14. The van der Waals surface area contributed by atoms with Crippen molar-refractivity contribution in [2.24, 2.45) is 5.29 Å². The van der Waals surface area contributed by atoms with Crippen molar-refractivity contribution in [1.29, 1.82) is 0 Å². The lowest BCUT2D eigenvalue weighted by atomic mass is 10.2. The van der Waals surface area contributed by atoms with Crippen molar-refractivity contribution < 1.29 is 4.74 Å². The van der Waals surface area contributed by atoms with Crippen LogP contribution in [-0.4, -0.2) is 31.3 Å². The molecule has 0 aromatic carbocycles. The van der Waals surface area contributed by atoms with E-state index in [9.17, 15) is 4.91 Å². The summed E-state index contributed by atoms with van der Waals surface area (Å²) in [6, 6.07) is 0.0578. The summed E-state index contributed by atoms with van der Waals surface area (Å²) >= 11 is 1.66. The van der Waals surface area contributed by atoms with Gasteiger partial charge in [0, 0.05) is 17.6 Å². The van der Waals surface area contributed by atoms with Gasteiger partial charge in [-0.2, -0.15) is 11.8 Å². The number of nitrogens with one attached hydrogen (secondary N) is 1. The molecule has 11 heavy (non-hydrogen) atoms. The zero-order valence-electron chi connectivity index (χ0n) is 7.03. The molecule has 0 aliphatic carbocycles. The normalized spacial score (nSPS) is 15.5.